The van der Waals surface area contributed by atoms with E-state index in [1.165, 1.54) is 0 Å². The van der Waals surface area contributed by atoms with Crippen LogP contribution in [0.1, 0.15) is 21.5 Å². The van der Waals surface area contributed by atoms with Gasteiger partial charge in [-0.05, 0) is 42.3 Å². The van der Waals surface area contributed by atoms with Crippen molar-refractivity contribution in [1.29, 1.82) is 0 Å². The van der Waals surface area contributed by atoms with Crippen LogP contribution in [0.2, 0.25) is 0 Å². The average Bonchev–Trinajstić information content (AvgIpc) is 3.21. The number of ether oxygens (including phenoxy) is 2. The SMILES string of the molecule is COC(=O)C(Cc1ccc(OCCn2c(=O)sc3cc(C(=O)c4ccccc4)ccc32)cc1)C(=O)O. The van der Waals surface area contributed by atoms with Gasteiger partial charge in [-0.15, -0.1) is 0 Å². The van der Waals surface area contributed by atoms with Crippen molar-refractivity contribution in [2.45, 2.75) is 13.0 Å². The third-order valence-electron chi connectivity index (χ3n) is 5.70. The molecule has 4 aromatic rings. The number of hydrogen-bond acceptors (Lipinski definition) is 7. The predicted octanol–water partition coefficient (Wildman–Crippen LogP) is 3.79. The number of carbonyl (C=O) groups is 3. The van der Waals surface area contributed by atoms with E-state index in [0.717, 1.165) is 28.7 Å². The van der Waals surface area contributed by atoms with Gasteiger partial charge in [-0.2, -0.15) is 0 Å². The fraction of sp³-hybridized carbons (Fsp3) is 0.185. The summed E-state index contributed by atoms with van der Waals surface area (Å²) in [7, 11) is 1.15. The minimum Gasteiger partial charge on any atom is -0.492 e. The van der Waals surface area contributed by atoms with Gasteiger partial charge in [-0.25, -0.2) is 0 Å². The molecule has 0 fully saturated rings. The number of benzene rings is 3. The molecule has 0 aliphatic heterocycles. The molecular weight excluding hydrogens is 482 g/mol. The monoisotopic (exact) mass is 505 g/mol. The van der Waals surface area contributed by atoms with Crippen molar-refractivity contribution in [1.82, 2.24) is 4.57 Å². The number of aliphatic carboxylic acids is 1. The summed E-state index contributed by atoms with van der Waals surface area (Å²) in [4.78, 5) is 48.1. The molecule has 3 aromatic carbocycles. The van der Waals surface area contributed by atoms with Gasteiger partial charge in [0.2, 0.25) is 0 Å². The van der Waals surface area contributed by atoms with Gasteiger partial charge in [-0.1, -0.05) is 53.8 Å². The Morgan fingerprint density at radius 1 is 0.972 bits per heavy atom. The lowest BCUT2D eigenvalue weighted by Crippen LogP contribution is -2.27. The summed E-state index contributed by atoms with van der Waals surface area (Å²) in [5.41, 5.74) is 2.50. The molecule has 8 nitrogen and oxygen atoms in total. The molecule has 4 rings (SSSR count). The van der Waals surface area contributed by atoms with Crippen LogP contribution in [0.15, 0.2) is 77.6 Å². The molecule has 0 amide bonds. The summed E-state index contributed by atoms with van der Waals surface area (Å²) in [5, 5.41) is 9.22. The van der Waals surface area contributed by atoms with Crippen LogP contribution < -0.4 is 9.61 Å². The van der Waals surface area contributed by atoms with E-state index in [9.17, 15) is 24.3 Å². The van der Waals surface area contributed by atoms with Crippen LogP contribution in [0.5, 0.6) is 5.75 Å². The summed E-state index contributed by atoms with van der Waals surface area (Å²) in [6.07, 6.45) is 0.00728. The fourth-order valence-corrected chi connectivity index (χ4v) is 4.76. The maximum absolute atomic E-state index is 12.7. The van der Waals surface area contributed by atoms with Crippen LogP contribution in [0, 0.1) is 5.92 Å². The molecule has 1 N–H and O–H groups in total. The maximum atomic E-state index is 12.7. The molecule has 1 heterocycles. The van der Waals surface area contributed by atoms with Crippen molar-refractivity contribution < 1.29 is 29.0 Å². The fourth-order valence-electron chi connectivity index (χ4n) is 3.80. The van der Waals surface area contributed by atoms with Gasteiger partial charge >= 0.3 is 16.8 Å². The minimum absolute atomic E-state index is 0.00728. The van der Waals surface area contributed by atoms with E-state index in [4.69, 9.17) is 4.74 Å². The van der Waals surface area contributed by atoms with Gasteiger partial charge in [-0.3, -0.25) is 23.7 Å². The third-order valence-corrected chi connectivity index (χ3v) is 6.64. The topological polar surface area (TPSA) is 112 Å². The number of ketones is 1. The van der Waals surface area contributed by atoms with E-state index < -0.39 is 17.9 Å². The van der Waals surface area contributed by atoms with Crippen LogP contribution in [0.3, 0.4) is 0 Å². The van der Waals surface area contributed by atoms with Gasteiger partial charge < -0.3 is 14.6 Å². The molecule has 0 aliphatic carbocycles. The highest BCUT2D eigenvalue weighted by molar-refractivity contribution is 7.16. The van der Waals surface area contributed by atoms with Crippen LogP contribution in [-0.2, 0) is 27.3 Å². The van der Waals surface area contributed by atoms with Crippen molar-refractivity contribution >= 4 is 39.3 Å². The number of rotatable bonds is 10. The highest BCUT2D eigenvalue weighted by Crippen LogP contribution is 2.22. The third kappa shape index (κ3) is 5.52. The number of nitrogens with zero attached hydrogens (tertiary/aromatic N) is 1. The number of carboxylic acids is 1. The first-order valence-electron chi connectivity index (χ1n) is 11.1. The van der Waals surface area contributed by atoms with Crippen LogP contribution in [0.25, 0.3) is 10.2 Å². The smallest absolute Gasteiger partial charge is 0.320 e. The second-order valence-electron chi connectivity index (χ2n) is 8.01. The van der Waals surface area contributed by atoms with E-state index in [1.807, 2.05) is 18.2 Å². The minimum atomic E-state index is -1.27. The lowest BCUT2D eigenvalue weighted by molar-refractivity contribution is -0.156. The van der Waals surface area contributed by atoms with Gasteiger partial charge in [0.15, 0.2) is 11.7 Å². The standard InChI is InChI=1S/C27H23NO7S/c1-34-26(32)21(25(30)31)15-17-7-10-20(11-8-17)35-14-13-28-22-12-9-19(16-23(22)36-27(28)33)24(29)18-5-3-2-4-6-18/h2-12,16,21H,13-15H2,1H3,(H,30,31). The van der Waals surface area contributed by atoms with Gasteiger partial charge in [0.1, 0.15) is 12.4 Å². The summed E-state index contributed by atoms with van der Waals surface area (Å²) in [5.74, 6) is -2.87. The summed E-state index contributed by atoms with van der Waals surface area (Å²) in [6.45, 7) is 0.547. The number of aromatic nitrogens is 1. The van der Waals surface area contributed by atoms with Crippen molar-refractivity contribution in [3.8, 4) is 5.75 Å². The van der Waals surface area contributed by atoms with Crippen molar-refractivity contribution in [3.63, 3.8) is 0 Å². The first-order chi connectivity index (χ1) is 17.4. The van der Waals surface area contributed by atoms with Gasteiger partial charge in [0.25, 0.3) is 0 Å². The molecule has 1 aromatic heterocycles. The Kier molecular flexibility index (Phi) is 7.60. The molecule has 0 aliphatic rings. The molecule has 0 spiro atoms. The zero-order valence-corrected chi connectivity index (χ0v) is 20.2. The average molecular weight is 506 g/mol. The molecule has 9 heteroatoms. The summed E-state index contributed by atoms with van der Waals surface area (Å²) >= 11 is 1.08. The number of carboxylic acid groups (broad SMARTS) is 1. The first kappa shape index (κ1) is 24.9. The molecule has 36 heavy (non-hydrogen) atoms. The lowest BCUT2D eigenvalue weighted by atomic mass is 9.99. The van der Waals surface area contributed by atoms with E-state index in [-0.39, 0.29) is 23.7 Å². The van der Waals surface area contributed by atoms with Gasteiger partial charge in [0.05, 0.1) is 23.9 Å². The molecule has 0 saturated heterocycles. The predicted molar refractivity (Wildman–Crippen MR) is 135 cm³/mol. The number of thiazole rings is 1. The molecule has 0 radical (unpaired) electrons. The number of hydrogen-bond donors (Lipinski definition) is 1. The maximum Gasteiger partial charge on any atom is 0.320 e. The molecular formula is C27H23NO7S. The Hall–Kier alpha value is -4.24. The molecule has 0 bridgehead atoms. The zero-order chi connectivity index (χ0) is 25.7. The summed E-state index contributed by atoms with van der Waals surface area (Å²) < 4.78 is 12.6. The largest absolute Gasteiger partial charge is 0.492 e. The Bertz CT molecular complexity index is 1460. The molecule has 1 atom stereocenters. The molecule has 0 saturated carbocycles. The van der Waals surface area contributed by atoms with Crippen LogP contribution in [0.4, 0.5) is 0 Å². The van der Waals surface area contributed by atoms with E-state index in [2.05, 4.69) is 4.74 Å². The highest BCUT2D eigenvalue weighted by atomic mass is 32.1. The highest BCUT2D eigenvalue weighted by Gasteiger charge is 2.27. The second-order valence-corrected chi connectivity index (χ2v) is 9.00. The van der Waals surface area contributed by atoms with E-state index in [1.54, 1.807) is 59.2 Å². The Morgan fingerprint density at radius 3 is 2.36 bits per heavy atom. The second kappa shape index (κ2) is 11.0. The van der Waals surface area contributed by atoms with Crippen molar-refractivity contribution in [2.75, 3.05) is 13.7 Å². The summed E-state index contributed by atoms with van der Waals surface area (Å²) in [6, 6.07) is 21.0. The van der Waals surface area contributed by atoms with Crippen LogP contribution >= 0.6 is 11.3 Å². The van der Waals surface area contributed by atoms with Crippen molar-refractivity contribution in [3.05, 3.63) is 99.2 Å². The number of carbonyl (C=O) groups excluding carboxylic acids is 2. The number of methoxy groups -OCH3 is 1. The molecule has 1 unspecified atom stereocenters. The molecule has 184 valence electrons. The number of esters is 1. The normalized spacial score (nSPS) is 11.7. The Morgan fingerprint density at radius 2 is 1.69 bits per heavy atom. The Balaban J connectivity index is 1.40. The van der Waals surface area contributed by atoms with Gasteiger partial charge in [0, 0.05) is 11.1 Å². The van der Waals surface area contributed by atoms with Crippen LogP contribution in [-0.4, -0.2) is 41.1 Å². The lowest BCUT2D eigenvalue weighted by Gasteiger charge is -2.11. The zero-order valence-electron chi connectivity index (χ0n) is 19.4. The quantitative estimate of drug-likeness (QED) is 0.198. The van der Waals surface area contributed by atoms with Crippen molar-refractivity contribution in [2.24, 2.45) is 5.92 Å². The first-order valence-corrected chi connectivity index (χ1v) is 11.9. The Labute approximate surface area is 210 Å². The number of fused-ring (bicyclic) bond motifs is 1. The van der Waals surface area contributed by atoms with E-state index >= 15 is 0 Å². The van der Waals surface area contributed by atoms with E-state index in [0.29, 0.717) is 29.0 Å².